The highest BCUT2D eigenvalue weighted by Crippen LogP contribution is 2.23. The zero-order valence-electron chi connectivity index (χ0n) is 13.3. The van der Waals surface area contributed by atoms with Crippen molar-refractivity contribution in [3.8, 4) is 18.2 Å². The second-order valence-electron chi connectivity index (χ2n) is 5.78. The summed E-state index contributed by atoms with van der Waals surface area (Å²) in [6, 6.07) is 6.61. The first kappa shape index (κ1) is 19.5. The van der Waals surface area contributed by atoms with Crippen LogP contribution in [0.2, 0.25) is 0 Å². The van der Waals surface area contributed by atoms with Crippen molar-refractivity contribution in [1.82, 2.24) is 0 Å². The molecule has 0 atom stereocenters. The van der Waals surface area contributed by atoms with Gasteiger partial charge in [0.2, 0.25) is 0 Å². The molecule has 0 saturated heterocycles. The van der Waals surface area contributed by atoms with Crippen LogP contribution in [-0.2, 0) is 0 Å². The van der Waals surface area contributed by atoms with Crippen molar-refractivity contribution in [3.05, 3.63) is 0 Å². The lowest BCUT2D eigenvalue weighted by molar-refractivity contribution is 0.372. The van der Waals surface area contributed by atoms with E-state index in [1.54, 1.807) is 0 Å². The van der Waals surface area contributed by atoms with Crippen molar-refractivity contribution in [2.75, 3.05) is 0 Å². The third-order valence-electron chi connectivity index (χ3n) is 3.95. The van der Waals surface area contributed by atoms with Gasteiger partial charge in [0.25, 0.3) is 0 Å². The monoisotopic (exact) mass is 287 g/mol. The Morgan fingerprint density at radius 2 is 0.810 bits per heavy atom. The fourth-order valence-electron chi connectivity index (χ4n) is 2.70. The molecule has 0 aliphatic rings. The summed E-state index contributed by atoms with van der Waals surface area (Å²) in [6.45, 7) is 0. The molecule has 0 heterocycles. The molecule has 0 unspecified atom stereocenters. The minimum absolute atomic E-state index is 0.678. The Balaban J connectivity index is 3.78. The van der Waals surface area contributed by atoms with Crippen molar-refractivity contribution in [2.45, 2.75) is 89.9 Å². The fraction of sp³-hybridized carbons (Fsp3) is 0.833. The van der Waals surface area contributed by atoms with Gasteiger partial charge in [-0.1, -0.05) is 51.4 Å². The van der Waals surface area contributed by atoms with Gasteiger partial charge in [-0.3, -0.25) is 0 Å². The Kier molecular flexibility index (Phi) is 15.3. The molecule has 0 radical (unpaired) electrons. The standard InChI is InChI=1S/C18H29N3/c19-15-9-3-1-6-12-18(14-8-5-11-17-21)13-7-2-4-10-16-20/h18H,1-14H2. The minimum atomic E-state index is 0.678. The van der Waals surface area contributed by atoms with E-state index in [4.69, 9.17) is 15.8 Å². The van der Waals surface area contributed by atoms with Gasteiger partial charge in [-0.15, -0.1) is 0 Å². The molecule has 0 saturated carbocycles. The maximum absolute atomic E-state index is 8.58. The lowest BCUT2D eigenvalue weighted by Crippen LogP contribution is -2.01. The number of nitrogens with zero attached hydrogens (tertiary/aromatic N) is 3. The van der Waals surface area contributed by atoms with E-state index in [-0.39, 0.29) is 0 Å². The van der Waals surface area contributed by atoms with Crippen molar-refractivity contribution >= 4 is 0 Å². The van der Waals surface area contributed by atoms with Gasteiger partial charge in [-0.2, -0.15) is 15.8 Å². The van der Waals surface area contributed by atoms with Gasteiger partial charge in [0.1, 0.15) is 0 Å². The Bertz CT molecular complexity index is 319. The number of nitriles is 3. The lowest BCUT2D eigenvalue weighted by Gasteiger charge is -2.16. The zero-order chi connectivity index (χ0) is 15.6. The van der Waals surface area contributed by atoms with Crippen molar-refractivity contribution in [3.63, 3.8) is 0 Å². The van der Waals surface area contributed by atoms with Gasteiger partial charge in [0.05, 0.1) is 18.2 Å². The summed E-state index contributed by atoms with van der Waals surface area (Å²) in [7, 11) is 0. The molecule has 0 aromatic carbocycles. The Labute approximate surface area is 130 Å². The van der Waals surface area contributed by atoms with Crippen LogP contribution in [-0.4, -0.2) is 0 Å². The summed E-state index contributed by atoms with van der Waals surface area (Å²) in [5.41, 5.74) is 0. The topological polar surface area (TPSA) is 71.4 Å². The van der Waals surface area contributed by atoms with E-state index in [0.29, 0.717) is 19.3 Å². The SMILES string of the molecule is N#CCCCCCC(CCCCC#N)CCCCCC#N. The van der Waals surface area contributed by atoms with Gasteiger partial charge < -0.3 is 0 Å². The van der Waals surface area contributed by atoms with Gasteiger partial charge in [-0.05, 0) is 25.2 Å². The highest BCUT2D eigenvalue weighted by Gasteiger charge is 2.08. The van der Waals surface area contributed by atoms with Crippen LogP contribution in [0, 0.1) is 39.9 Å². The molecule has 0 amide bonds. The molecule has 0 bridgehead atoms. The summed E-state index contributed by atoms with van der Waals surface area (Å²) in [5, 5.41) is 25.6. The lowest BCUT2D eigenvalue weighted by atomic mass is 9.90. The van der Waals surface area contributed by atoms with Crippen LogP contribution < -0.4 is 0 Å². The quantitative estimate of drug-likeness (QED) is 0.388. The highest BCUT2D eigenvalue weighted by atomic mass is 14.2. The summed E-state index contributed by atoms with van der Waals surface area (Å²) >= 11 is 0. The average Bonchev–Trinajstić information content (AvgIpc) is 2.50. The predicted octanol–water partition coefficient (Wildman–Crippen LogP) is 5.63. The molecule has 116 valence electrons. The third kappa shape index (κ3) is 14.7. The molecule has 0 aromatic heterocycles. The molecule has 0 aromatic rings. The first-order valence-electron chi connectivity index (χ1n) is 8.46. The molecule has 0 N–H and O–H groups in total. The smallest absolute Gasteiger partial charge is 0.0621 e. The second-order valence-corrected chi connectivity index (χ2v) is 5.78. The van der Waals surface area contributed by atoms with Crippen LogP contribution >= 0.6 is 0 Å². The van der Waals surface area contributed by atoms with Crippen LogP contribution in [0.4, 0.5) is 0 Å². The van der Waals surface area contributed by atoms with Crippen LogP contribution in [0.1, 0.15) is 89.9 Å². The molecular weight excluding hydrogens is 258 g/mol. The zero-order valence-corrected chi connectivity index (χ0v) is 13.3. The van der Waals surface area contributed by atoms with Crippen molar-refractivity contribution < 1.29 is 0 Å². The van der Waals surface area contributed by atoms with E-state index < -0.39 is 0 Å². The summed E-state index contributed by atoms with van der Waals surface area (Å²) in [4.78, 5) is 0. The van der Waals surface area contributed by atoms with Crippen molar-refractivity contribution in [2.24, 2.45) is 5.92 Å². The molecule has 0 aliphatic heterocycles. The number of hydrogen-bond donors (Lipinski definition) is 0. The molecule has 0 spiro atoms. The molecule has 3 heteroatoms. The predicted molar refractivity (Wildman–Crippen MR) is 85.0 cm³/mol. The van der Waals surface area contributed by atoms with Gasteiger partial charge in [0.15, 0.2) is 0 Å². The highest BCUT2D eigenvalue weighted by molar-refractivity contribution is 4.71. The summed E-state index contributed by atoms with van der Waals surface area (Å²) in [5.74, 6) is 0.771. The van der Waals surface area contributed by atoms with E-state index in [9.17, 15) is 0 Å². The van der Waals surface area contributed by atoms with E-state index in [0.717, 1.165) is 44.4 Å². The Morgan fingerprint density at radius 1 is 0.476 bits per heavy atom. The average molecular weight is 287 g/mol. The van der Waals surface area contributed by atoms with Gasteiger partial charge in [-0.25, -0.2) is 0 Å². The summed E-state index contributed by atoms with van der Waals surface area (Å²) < 4.78 is 0. The number of rotatable bonds is 14. The summed E-state index contributed by atoms with van der Waals surface area (Å²) in [6.07, 6.45) is 14.8. The molecular formula is C18H29N3. The van der Waals surface area contributed by atoms with Gasteiger partial charge >= 0.3 is 0 Å². The third-order valence-corrected chi connectivity index (χ3v) is 3.95. The Hall–Kier alpha value is -1.53. The first-order chi connectivity index (χ1) is 10.3. The van der Waals surface area contributed by atoms with Crippen LogP contribution in [0.5, 0.6) is 0 Å². The van der Waals surface area contributed by atoms with E-state index in [1.807, 2.05) is 0 Å². The van der Waals surface area contributed by atoms with E-state index in [2.05, 4.69) is 18.2 Å². The molecule has 0 aliphatic carbocycles. The second kappa shape index (κ2) is 16.5. The maximum Gasteiger partial charge on any atom is 0.0621 e. The van der Waals surface area contributed by atoms with Crippen molar-refractivity contribution in [1.29, 1.82) is 15.8 Å². The molecule has 21 heavy (non-hydrogen) atoms. The van der Waals surface area contributed by atoms with Crippen LogP contribution in [0.3, 0.4) is 0 Å². The molecule has 0 rings (SSSR count). The number of unbranched alkanes of at least 4 members (excludes halogenated alkanes) is 8. The van der Waals surface area contributed by atoms with E-state index in [1.165, 1.54) is 32.1 Å². The largest absolute Gasteiger partial charge is 0.198 e. The number of hydrogen-bond acceptors (Lipinski definition) is 3. The normalized spacial score (nSPS) is 10.0. The maximum atomic E-state index is 8.58. The first-order valence-corrected chi connectivity index (χ1v) is 8.46. The minimum Gasteiger partial charge on any atom is -0.198 e. The van der Waals surface area contributed by atoms with Crippen LogP contribution in [0.15, 0.2) is 0 Å². The fourth-order valence-corrected chi connectivity index (χ4v) is 2.70. The van der Waals surface area contributed by atoms with Crippen LogP contribution in [0.25, 0.3) is 0 Å². The molecule has 3 nitrogen and oxygen atoms in total. The Morgan fingerprint density at radius 3 is 1.19 bits per heavy atom. The van der Waals surface area contributed by atoms with Gasteiger partial charge in [0, 0.05) is 19.3 Å². The molecule has 0 fully saturated rings. The van der Waals surface area contributed by atoms with E-state index >= 15 is 0 Å².